The van der Waals surface area contributed by atoms with Crippen molar-refractivity contribution >= 4 is 10.1 Å². The number of hydrogen-bond donors (Lipinski definition) is 0. The van der Waals surface area contributed by atoms with Gasteiger partial charge in [0, 0.05) is 18.0 Å². The zero-order chi connectivity index (χ0) is 17.9. The number of ether oxygens (including phenoxy) is 3. The summed E-state index contributed by atoms with van der Waals surface area (Å²) in [6, 6.07) is 7.35. The number of nitrogens with zero attached hydrogens (tertiary/aromatic N) is 2. The summed E-state index contributed by atoms with van der Waals surface area (Å²) in [6.07, 6.45) is 5.64. The molecule has 0 amide bonds. The molecule has 1 aliphatic heterocycles. The summed E-state index contributed by atoms with van der Waals surface area (Å²) >= 11 is 0. The van der Waals surface area contributed by atoms with Gasteiger partial charge in [-0.25, -0.2) is 4.98 Å². The summed E-state index contributed by atoms with van der Waals surface area (Å²) in [6.45, 7) is 0.492. The molecule has 0 unspecified atom stereocenters. The fourth-order valence-corrected chi connectivity index (χ4v) is 3.04. The zero-order valence-electron chi connectivity index (χ0n) is 14.0. The van der Waals surface area contributed by atoms with Crippen molar-refractivity contribution in [1.82, 2.24) is 9.55 Å². The molecule has 1 aliphatic rings. The molecule has 2 aromatic rings. The monoisotopic (exact) mass is 368 g/mol. The third-order valence-corrected chi connectivity index (χ3v) is 4.37. The summed E-state index contributed by atoms with van der Waals surface area (Å²) in [5, 5.41) is 0. The molecular formula is C16H20N2O6S. The molecular weight excluding hydrogens is 348 g/mol. The molecule has 136 valence electrons. The molecule has 2 heterocycles. The first-order chi connectivity index (χ1) is 11.9. The van der Waals surface area contributed by atoms with E-state index in [-0.39, 0.29) is 13.2 Å². The Hall–Kier alpha value is -1.94. The van der Waals surface area contributed by atoms with E-state index in [0.717, 1.165) is 17.6 Å². The quantitative estimate of drug-likeness (QED) is 0.677. The van der Waals surface area contributed by atoms with Crippen LogP contribution in [0.25, 0.3) is 0 Å². The first-order valence-corrected chi connectivity index (χ1v) is 9.48. The van der Waals surface area contributed by atoms with Gasteiger partial charge in [0.05, 0.1) is 39.5 Å². The van der Waals surface area contributed by atoms with Crippen molar-refractivity contribution in [1.29, 1.82) is 0 Å². The van der Waals surface area contributed by atoms with Crippen LogP contribution in [0.5, 0.6) is 5.75 Å². The summed E-state index contributed by atoms with van der Waals surface area (Å²) in [4.78, 5) is 4.03. The van der Waals surface area contributed by atoms with Crippen molar-refractivity contribution in [3.05, 3.63) is 48.5 Å². The van der Waals surface area contributed by atoms with Gasteiger partial charge >= 0.3 is 0 Å². The number of aromatic nitrogens is 2. The Morgan fingerprint density at radius 2 is 2.12 bits per heavy atom. The van der Waals surface area contributed by atoms with Crippen LogP contribution in [0.3, 0.4) is 0 Å². The van der Waals surface area contributed by atoms with E-state index in [2.05, 4.69) is 4.98 Å². The first kappa shape index (κ1) is 17.9. The lowest BCUT2D eigenvalue weighted by Gasteiger charge is -2.29. The van der Waals surface area contributed by atoms with Crippen LogP contribution in [0.4, 0.5) is 0 Å². The van der Waals surface area contributed by atoms with Gasteiger partial charge in [-0.1, -0.05) is 0 Å². The second-order valence-corrected chi connectivity index (χ2v) is 7.40. The molecule has 2 atom stereocenters. The van der Waals surface area contributed by atoms with E-state index in [1.54, 1.807) is 25.8 Å². The second-order valence-electron chi connectivity index (χ2n) is 5.76. The van der Waals surface area contributed by atoms with Crippen molar-refractivity contribution in [3.63, 3.8) is 0 Å². The topological polar surface area (TPSA) is 88.9 Å². The van der Waals surface area contributed by atoms with Crippen LogP contribution in [0.1, 0.15) is 5.56 Å². The van der Waals surface area contributed by atoms with Crippen LogP contribution in [-0.4, -0.2) is 50.7 Å². The van der Waals surface area contributed by atoms with E-state index < -0.39 is 22.0 Å². The molecule has 0 spiro atoms. The van der Waals surface area contributed by atoms with Crippen LogP contribution in [0.15, 0.2) is 43.0 Å². The summed E-state index contributed by atoms with van der Waals surface area (Å²) in [5.74, 6) is -0.338. The molecule has 1 aromatic carbocycles. The Kier molecular flexibility index (Phi) is 5.09. The van der Waals surface area contributed by atoms with Gasteiger partial charge in [-0.2, -0.15) is 8.42 Å². The smallest absolute Gasteiger partial charge is 0.264 e. The third kappa shape index (κ3) is 4.37. The fraction of sp³-hybridized carbons (Fsp3) is 0.438. The molecule has 1 fully saturated rings. The van der Waals surface area contributed by atoms with Crippen LogP contribution in [0.2, 0.25) is 0 Å². The Morgan fingerprint density at radius 1 is 1.36 bits per heavy atom. The minimum atomic E-state index is -3.54. The second kappa shape index (κ2) is 7.12. The highest BCUT2D eigenvalue weighted by molar-refractivity contribution is 7.85. The van der Waals surface area contributed by atoms with Gasteiger partial charge < -0.3 is 18.8 Å². The number of methoxy groups -OCH3 is 1. The lowest BCUT2D eigenvalue weighted by atomic mass is 10.1. The van der Waals surface area contributed by atoms with Crippen molar-refractivity contribution in [2.24, 2.45) is 0 Å². The lowest BCUT2D eigenvalue weighted by Crippen LogP contribution is -2.34. The maximum absolute atomic E-state index is 11.2. The predicted molar refractivity (Wildman–Crippen MR) is 88.5 cm³/mol. The number of hydrogen-bond acceptors (Lipinski definition) is 7. The Labute approximate surface area is 146 Å². The lowest BCUT2D eigenvalue weighted by molar-refractivity contribution is -0.189. The molecule has 8 nitrogen and oxygen atoms in total. The van der Waals surface area contributed by atoms with Gasteiger partial charge in [0.2, 0.25) is 5.79 Å². The summed E-state index contributed by atoms with van der Waals surface area (Å²) in [5.41, 5.74) is 0.795. The molecule has 25 heavy (non-hydrogen) atoms. The highest BCUT2D eigenvalue weighted by Crippen LogP contribution is 2.37. The van der Waals surface area contributed by atoms with Gasteiger partial charge in [-0.3, -0.25) is 4.18 Å². The molecule has 1 saturated heterocycles. The molecule has 9 heteroatoms. The van der Waals surface area contributed by atoms with Crippen molar-refractivity contribution in [3.8, 4) is 5.75 Å². The Balaban J connectivity index is 1.82. The minimum Gasteiger partial charge on any atom is -0.497 e. The molecule has 0 N–H and O–H groups in total. The van der Waals surface area contributed by atoms with E-state index in [0.29, 0.717) is 6.54 Å². The largest absolute Gasteiger partial charge is 0.497 e. The number of rotatable bonds is 7. The average Bonchev–Trinajstić information content (AvgIpc) is 3.23. The molecule has 0 bridgehead atoms. The van der Waals surface area contributed by atoms with E-state index in [9.17, 15) is 8.42 Å². The maximum Gasteiger partial charge on any atom is 0.264 e. The van der Waals surface area contributed by atoms with Crippen LogP contribution in [-0.2, 0) is 36.1 Å². The van der Waals surface area contributed by atoms with Gasteiger partial charge in [-0.05, 0) is 24.3 Å². The van der Waals surface area contributed by atoms with E-state index in [1.165, 1.54) is 0 Å². The van der Waals surface area contributed by atoms with E-state index in [1.807, 2.05) is 28.8 Å². The Morgan fingerprint density at radius 3 is 2.72 bits per heavy atom. The van der Waals surface area contributed by atoms with Gasteiger partial charge in [0.15, 0.2) is 0 Å². The molecule has 0 aliphatic carbocycles. The van der Waals surface area contributed by atoms with Gasteiger partial charge in [0.25, 0.3) is 10.1 Å². The highest BCUT2D eigenvalue weighted by atomic mass is 32.2. The van der Waals surface area contributed by atoms with Crippen LogP contribution < -0.4 is 4.74 Å². The molecule has 0 radical (unpaired) electrons. The Bertz CT molecular complexity index is 791. The fourth-order valence-electron chi connectivity index (χ4n) is 2.64. The highest BCUT2D eigenvalue weighted by Gasteiger charge is 2.44. The third-order valence-electron chi connectivity index (χ3n) is 3.81. The number of imidazole rings is 1. The standard InChI is InChI=1S/C16H20N2O6S/c1-21-14-5-3-13(4-6-14)16(11-18-8-7-17-12-18)22-9-15(24-16)10-23-25(2,19)20/h3-8,12,15H,9-11H2,1-2H3/t15-,16-/m0/s1. The van der Waals surface area contributed by atoms with E-state index >= 15 is 0 Å². The SMILES string of the molecule is COc1ccc([C@@]2(Cn3ccnc3)OC[C@@H](COS(C)(=O)=O)O2)cc1. The predicted octanol–water partition coefficient (Wildman–Crippen LogP) is 1.14. The average molecular weight is 368 g/mol. The van der Waals surface area contributed by atoms with Crippen molar-refractivity contribution < 1.29 is 26.8 Å². The maximum atomic E-state index is 11.2. The first-order valence-electron chi connectivity index (χ1n) is 7.67. The van der Waals surface area contributed by atoms with Crippen LogP contribution in [0, 0.1) is 0 Å². The summed E-state index contributed by atoms with van der Waals surface area (Å²) < 4.78 is 46.3. The summed E-state index contributed by atoms with van der Waals surface area (Å²) in [7, 11) is -1.95. The zero-order valence-corrected chi connectivity index (χ0v) is 14.8. The molecule has 0 saturated carbocycles. The molecule has 3 rings (SSSR count). The minimum absolute atomic E-state index is 0.0966. The van der Waals surface area contributed by atoms with Gasteiger partial charge in [0.1, 0.15) is 11.9 Å². The normalized spacial score (nSPS) is 23.7. The van der Waals surface area contributed by atoms with E-state index in [4.69, 9.17) is 18.4 Å². The van der Waals surface area contributed by atoms with Crippen LogP contribution >= 0.6 is 0 Å². The molecule has 1 aromatic heterocycles. The van der Waals surface area contributed by atoms with Crippen molar-refractivity contribution in [2.75, 3.05) is 26.6 Å². The van der Waals surface area contributed by atoms with Gasteiger partial charge in [-0.15, -0.1) is 0 Å². The van der Waals surface area contributed by atoms with Crippen molar-refractivity contribution in [2.45, 2.75) is 18.4 Å². The number of benzene rings is 1.